The molecule has 0 aromatic rings. The summed E-state index contributed by atoms with van der Waals surface area (Å²) in [7, 11) is 0. The van der Waals surface area contributed by atoms with Gasteiger partial charge in [0.15, 0.2) is 12.6 Å². The highest BCUT2D eigenvalue weighted by Gasteiger charge is 2.51. The van der Waals surface area contributed by atoms with E-state index in [0.717, 1.165) is 77.0 Å². The zero-order valence-corrected chi connectivity index (χ0v) is 46.5. The van der Waals surface area contributed by atoms with Crippen molar-refractivity contribution in [1.29, 1.82) is 0 Å². The minimum Gasteiger partial charge on any atom is -0.394 e. The van der Waals surface area contributed by atoms with Gasteiger partial charge in [-0.1, -0.05) is 215 Å². The summed E-state index contributed by atoms with van der Waals surface area (Å²) in [5.41, 5.74) is 0. The summed E-state index contributed by atoms with van der Waals surface area (Å²) < 4.78 is 22.8. The summed E-state index contributed by atoms with van der Waals surface area (Å²) in [4.78, 5) is 13.2. The Balaban J connectivity index is 1.73. The van der Waals surface area contributed by atoms with Crippen molar-refractivity contribution >= 4 is 5.91 Å². The number of aliphatic hydroxyl groups excluding tert-OH is 8. The molecule has 2 aliphatic rings. The number of hydrogen-bond donors (Lipinski definition) is 9. The van der Waals surface area contributed by atoms with Gasteiger partial charge in [-0.2, -0.15) is 0 Å². The summed E-state index contributed by atoms with van der Waals surface area (Å²) in [5.74, 6) is -0.246. The Labute approximate surface area is 453 Å². The average Bonchev–Trinajstić information content (AvgIpc) is 3.41. The van der Waals surface area contributed by atoms with Crippen LogP contribution in [0.1, 0.15) is 213 Å². The van der Waals surface area contributed by atoms with Gasteiger partial charge in [0.1, 0.15) is 48.8 Å². The number of amides is 1. The highest BCUT2D eigenvalue weighted by molar-refractivity contribution is 5.76. The fraction of sp³-hybridized carbons (Fsp3) is 0.787. The van der Waals surface area contributed by atoms with Crippen molar-refractivity contribution in [3.05, 3.63) is 72.9 Å². The van der Waals surface area contributed by atoms with E-state index >= 15 is 0 Å². The molecule has 2 rings (SSSR count). The van der Waals surface area contributed by atoms with E-state index in [1.54, 1.807) is 6.08 Å². The first-order valence-electron chi connectivity index (χ1n) is 29.7. The Bertz CT molecular complexity index is 1530. The van der Waals surface area contributed by atoms with Crippen LogP contribution in [-0.4, -0.2) is 140 Å². The molecule has 12 atom stereocenters. The maximum atomic E-state index is 13.2. The van der Waals surface area contributed by atoms with Gasteiger partial charge in [0.25, 0.3) is 0 Å². The van der Waals surface area contributed by atoms with Crippen LogP contribution in [0.25, 0.3) is 0 Å². The predicted molar refractivity (Wildman–Crippen MR) is 300 cm³/mol. The number of aliphatic hydroxyl groups is 8. The molecule has 2 saturated heterocycles. The molecule has 0 aliphatic carbocycles. The molecule has 0 bridgehead atoms. The molecule has 2 heterocycles. The van der Waals surface area contributed by atoms with E-state index in [-0.39, 0.29) is 18.9 Å². The maximum Gasteiger partial charge on any atom is 0.220 e. The molecule has 0 saturated carbocycles. The largest absolute Gasteiger partial charge is 0.394 e. The number of unbranched alkanes of at least 4 members (excludes halogenated alkanes) is 23. The van der Waals surface area contributed by atoms with E-state index in [4.69, 9.17) is 18.9 Å². The smallest absolute Gasteiger partial charge is 0.220 e. The molecule has 2 fully saturated rings. The van der Waals surface area contributed by atoms with Crippen LogP contribution in [0.5, 0.6) is 0 Å². The number of carbonyl (C=O) groups is 1. The molecule has 434 valence electrons. The highest BCUT2D eigenvalue weighted by atomic mass is 16.7. The van der Waals surface area contributed by atoms with Gasteiger partial charge in [-0.3, -0.25) is 4.79 Å². The Morgan fingerprint density at radius 2 is 0.920 bits per heavy atom. The topological polar surface area (TPSA) is 228 Å². The van der Waals surface area contributed by atoms with E-state index < -0.39 is 86.8 Å². The number of carbonyl (C=O) groups excluding carboxylic acids is 1. The molecule has 12 unspecified atom stereocenters. The number of nitrogens with one attached hydrogen (secondary N) is 1. The monoisotopic (exact) mass is 1060 g/mol. The van der Waals surface area contributed by atoms with Crippen molar-refractivity contribution in [3.63, 3.8) is 0 Å². The van der Waals surface area contributed by atoms with Gasteiger partial charge in [0.2, 0.25) is 5.91 Å². The zero-order chi connectivity index (χ0) is 54.6. The van der Waals surface area contributed by atoms with Crippen molar-refractivity contribution < 1.29 is 64.6 Å². The first kappa shape index (κ1) is 68.5. The van der Waals surface area contributed by atoms with E-state index in [0.29, 0.717) is 6.42 Å². The number of rotatable bonds is 46. The summed E-state index contributed by atoms with van der Waals surface area (Å²) in [6.45, 7) is 2.67. The molecule has 0 aromatic heterocycles. The molecule has 2 aliphatic heterocycles. The number of hydrogen-bond acceptors (Lipinski definition) is 13. The predicted octanol–water partition coefficient (Wildman–Crippen LogP) is 9.94. The van der Waals surface area contributed by atoms with E-state index in [1.807, 2.05) is 6.08 Å². The molecular weight excluding hydrogens is 955 g/mol. The van der Waals surface area contributed by atoms with Crippen molar-refractivity contribution in [2.45, 2.75) is 286 Å². The lowest BCUT2D eigenvalue weighted by atomic mass is 9.97. The molecule has 75 heavy (non-hydrogen) atoms. The van der Waals surface area contributed by atoms with Crippen molar-refractivity contribution in [3.8, 4) is 0 Å². The first-order valence-corrected chi connectivity index (χ1v) is 29.7. The zero-order valence-electron chi connectivity index (χ0n) is 46.5. The fourth-order valence-electron chi connectivity index (χ4n) is 9.38. The van der Waals surface area contributed by atoms with Crippen LogP contribution < -0.4 is 5.32 Å². The molecule has 0 radical (unpaired) electrons. The lowest BCUT2D eigenvalue weighted by Crippen LogP contribution is -2.65. The second-order valence-corrected chi connectivity index (χ2v) is 20.7. The number of ether oxygens (including phenoxy) is 4. The highest BCUT2D eigenvalue weighted by Crippen LogP contribution is 2.30. The normalized spacial score (nSPS) is 25.6. The van der Waals surface area contributed by atoms with Crippen LogP contribution in [-0.2, 0) is 23.7 Å². The van der Waals surface area contributed by atoms with Crippen LogP contribution >= 0.6 is 0 Å². The molecule has 0 spiro atoms. The van der Waals surface area contributed by atoms with Crippen molar-refractivity contribution in [1.82, 2.24) is 5.32 Å². The third-order valence-corrected chi connectivity index (χ3v) is 14.1. The Kier molecular flexibility index (Phi) is 42.4. The van der Waals surface area contributed by atoms with Gasteiger partial charge in [-0.05, 0) is 64.2 Å². The van der Waals surface area contributed by atoms with E-state index in [2.05, 4.69) is 79.9 Å². The standard InChI is InChI=1S/C61H107NO13/c1-3-5-7-9-11-13-15-17-19-20-21-22-23-24-25-26-27-28-29-30-31-33-35-37-39-41-43-45-53(66)62-49(50(65)44-42-40-38-36-34-32-18-16-14-12-10-8-6-4-2)48-72-60-58(71)56(69)59(52(47-64)74-60)75-61-57(70)55(68)54(67)51(46-63)73-61/h5,7,11,13,17,19,21-22,24-25,42,44,49-52,54-61,63-65,67-71H,3-4,6,8-10,12,14-16,18,20,23,26-41,43,45-48H2,1-2H3,(H,62,66)/b7-5-,13-11-,19-17-,22-21-,25-24-,44-42+. The summed E-state index contributed by atoms with van der Waals surface area (Å²) in [5, 5.41) is 87.0. The third kappa shape index (κ3) is 32.2. The van der Waals surface area contributed by atoms with Gasteiger partial charge in [0.05, 0.1) is 32.0 Å². The van der Waals surface area contributed by atoms with Crippen LogP contribution in [0.15, 0.2) is 72.9 Å². The van der Waals surface area contributed by atoms with Crippen LogP contribution in [0.4, 0.5) is 0 Å². The summed E-state index contributed by atoms with van der Waals surface area (Å²) >= 11 is 0. The van der Waals surface area contributed by atoms with Gasteiger partial charge in [-0.15, -0.1) is 0 Å². The molecule has 14 heteroatoms. The SMILES string of the molecule is CC/C=C\C/C=C\C/C=C\C/C=C\C/C=C\CCCCCCCCCCCCCC(=O)NC(COC1OC(CO)C(OC2OC(CO)C(O)C(O)C2O)C(O)C1O)C(O)/C=C/CCCCCCCCCCCCCC. The van der Waals surface area contributed by atoms with Gasteiger partial charge < -0.3 is 65.1 Å². The van der Waals surface area contributed by atoms with Gasteiger partial charge in [0, 0.05) is 6.42 Å². The van der Waals surface area contributed by atoms with Gasteiger partial charge in [-0.25, -0.2) is 0 Å². The Morgan fingerprint density at radius 3 is 1.41 bits per heavy atom. The maximum absolute atomic E-state index is 13.2. The summed E-state index contributed by atoms with van der Waals surface area (Å²) in [6, 6.07) is -0.919. The molecular formula is C61H107NO13. The lowest BCUT2D eigenvalue weighted by molar-refractivity contribution is -0.359. The minimum atomic E-state index is -1.79. The quantitative estimate of drug-likeness (QED) is 0.0205. The molecule has 1 amide bonds. The van der Waals surface area contributed by atoms with Crippen LogP contribution in [0.3, 0.4) is 0 Å². The minimum absolute atomic E-state index is 0.246. The van der Waals surface area contributed by atoms with Crippen molar-refractivity contribution in [2.24, 2.45) is 0 Å². The second kappa shape index (κ2) is 46.4. The van der Waals surface area contributed by atoms with E-state index in [1.165, 1.54) is 109 Å². The first-order chi connectivity index (χ1) is 36.6. The van der Waals surface area contributed by atoms with Crippen LogP contribution in [0.2, 0.25) is 0 Å². The van der Waals surface area contributed by atoms with Gasteiger partial charge >= 0.3 is 0 Å². The fourth-order valence-corrected chi connectivity index (χ4v) is 9.38. The van der Waals surface area contributed by atoms with Crippen LogP contribution in [0, 0.1) is 0 Å². The number of allylic oxidation sites excluding steroid dienone is 11. The average molecular weight is 1060 g/mol. The van der Waals surface area contributed by atoms with E-state index in [9.17, 15) is 45.6 Å². The lowest BCUT2D eigenvalue weighted by Gasteiger charge is -2.46. The van der Waals surface area contributed by atoms with Crippen molar-refractivity contribution in [2.75, 3.05) is 19.8 Å². The Morgan fingerprint density at radius 1 is 0.493 bits per heavy atom. The summed E-state index contributed by atoms with van der Waals surface area (Å²) in [6.07, 6.45) is 43.6. The molecule has 14 nitrogen and oxygen atoms in total. The Hall–Kier alpha value is -2.57. The molecule has 9 N–H and O–H groups in total. The second-order valence-electron chi connectivity index (χ2n) is 20.7. The third-order valence-electron chi connectivity index (χ3n) is 14.1. The molecule has 0 aromatic carbocycles.